The van der Waals surface area contributed by atoms with Gasteiger partial charge in [0.05, 0.1) is 30.2 Å². The average molecular weight is 289 g/mol. The van der Waals surface area contributed by atoms with Gasteiger partial charge in [-0.2, -0.15) is 0 Å². The van der Waals surface area contributed by atoms with Crippen LogP contribution in [0, 0.1) is 5.82 Å². The summed E-state index contributed by atoms with van der Waals surface area (Å²) in [5.41, 5.74) is 1.70. The van der Waals surface area contributed by atoms with Crippen LogP contribution in [0.2, 0.25) is 0 Å². The molecule has 0 amide bonds. The first-order valence-corrected chi connectivity index (χ1v) is 6.57. The molecule has 0 radical (unpaired) electrons. The summed E-state index contributed by atoms with van der Waals surface area (Å²) in [7, 11) is 0. The third-order valence-electron chi connectivity index (χ3n) is 2.89. The predicted octanol–water partition coefficient (Wildman–Crippen LogP) is 3.51. The molecule has 0 bridgehead atoms. The van der Waals surface area contributed by atoms with Crippen LogP contribution in [0.5, 0.6) is 0 Å². The number of halogens is 1. The lowest BCUT2D eigenvalue weighted by atomic mass is 10.1. The minimum absolute atomic E-state index is 0.121. The number of hydrogen-bond acceptors (Lipinski definition) is 3. The summed E-state index contributed by atoms with van der Waals surface area (Å²) < 4.78 is 18.9. The third kappa shape index (κ3) is 3.86. The van der Waals surface area contributed by atoms with E-state index in [4.69, 9.17) is 9.84 Å². The zero-order valence-corrected chi connectivity index (χ0v) is 11.8. The van der Waals surface area contributed by atoms with E-state index in [1.807, 2.05) is 32.0 Å². The molecule has 1 aromatic heterocycles. The maximum atomic E-state index is 13.4. The monoisotopic (exact) mass is 289 g/mol. The second-order valence-electron chi connectivity index (χ2n) is 4.91. The summed E-state index contributed by atoms with van der Waals surface area (Å²) in [5.74, 6) is -2.15. The van der Waals surface area contributed by atoms with E-state index in [-0.39, 0.29) is 11.7 Å². The van der Waals surface area contributed by atoms with Crippen molar-refractivity contribution in [1.82, 2.24) is 4.98 Å². The summed E-state index contributed by atoms with van der Waals surface area (Å²) in [5, 5.41) is 8.95. The van der Waals surface area contributed by atoms with Gasteiger partial charge in [0.2, 0.25) is 0 Å². The molecule has 0 aliphatic heterocycles. The van der Waals surface area contributed by atoms with E-state index in [0.717, 1.165) is 17.3 Å². The largest absolute Gasteiger partial charge is 0.478 e. The number of ether oxygens (including phenoxy) is 1. The fraction of sp³-hybridized carbons (Fsp3) is 0.250. The van der Waals surface area contributed by atoms with Crippen molar-refractivity contribution in [3.63, 3.8) is 0 Å². The number of carbonyl (C=O) groups is 1. The van der Waals surface area contributed by atoms with Crippen molar-refractivity contribution >= 4 is 5.97 Å². The maximum absolute atomic E-state index is 13.4. The van der Waals surface area contributed by atoms with E-state index in [2.05, 4.69) is 4.98 Å². The zero-order valence-electron chi connectivity index (χ0n) is 11.8. The Morgan fingerprint density at radius 3 is 2.81 bits per heavy atom. The number of aromatic carboxylic acids is 1. The van der Waals surface area contributed by atoms with Gasteiger partial charge in [0, 0.05) is 5.56 Å². The number of rotatable bonds is 5. The minimum atomic E-state index is -1.31. The summed E-state index contributed by atoms with van der Waals surface area (Å²) in [6, 6.07) is 8.63. The number of nitrogens with zero attached hydrogens (tertiary/aromatic N) is 1. The maximum Gasteiger partial charge on any atom is 0.338 e. The Hall–Kier alpha value is -2.27. The van der Waals surface area contributed by atoms with Crippen molar-refractivity contribution in [2.24, 2.45) is 0 Å². The highest BCUT2D eigenvalue weighted by atomic mass is 19.1. The highest BCUT2D eigenvalue weighted by molar-refractivity contribution is 5.89. The Morgan fingerprint density at radius 2 is 2.14 bits per heavy atom. The lowest BCUT2D eigenvalue weighted by molar-refractivity contribution is 0.0657. The SMILES string of the molecule is CC(C)OCc1cccc(-c2cc(C(=O)O)c(F)cn2)c1. The summed E-state index contributed by atoms with van der Waals surface area (Å²) in [4.78, 5) is 14.9. The standard InChI is InChI=1S/C16H16FNO3/c1-10(2)21-9-11-4-3-5-12(6-11)15-7-13(16(19)20)14(17)8-18-15/h3-8,10H,9H2,1-2H3,(H,19,20). The minimum Gasteiger partial charge on any atom is -0.478 e. The van der Waals surface area contributed by atoms with Gasteiger partial charge in [-0.25, -0.2) is 9.18 Å². The van der Waals surface area contributed by atoms with Crippen molar-refractivity contribution in [2.75, 3.05) is 0 Å². The molecule has 0 unspecified atom stereocenters. The highest BCUT2D eigenvalue weighted by Gasteiger charge is 2.13. The average Bonchev–Trinajstić information content (AvgIpc) is 2.45. The Kier molecular flexibility index (Phi) is 4.65. The molecule has 5 heteroatoms. The lowest BCUT2D eigenvalue weighted by Gasteiger charge is -2.09. The number of carboxylic acids is 1. The molecular formula is C16H16FNO3. The van der Waals surface area contributed by atoms with Crippen LogP contribution < -0.4 is 0 Å². The van der Waals surface area contributed by atoms with Crippen LogP contribution in [0.3, 0.4) is 0 Å². The van der Waals surface area contributed by atoms with E-state index in [1.165, 1.54) is 6.07 Å². The van der Waals surface area contributed by atoms with Gasteiger partial charge < -0.3 is 9.84 Å². The molecule has 0 atom stereocenters. The summed E-state index contributed by atoms with van der Waals surface area (Å²) in [6.07, 6.45) is 1.05. The van der Waals surface area contributed by atoms with Gasteiger partial charge in [-0.15, -0.1) is 0 Å². The molecule has 1 N–H and O–H groups in total. The third-order valence-corrected chi connectivity index (χ3v) is 2.89. The Balaban J connectivity index is 2.31. The molecule has 0 aliphatic carbocycles. The molecule has 0 spiro atoms. The van der Waals surface area contributed by atoms with Crippen LogP contribution in [0.15, 0.2) is 36.5 Å². The second-order valence-corrected chi connectivity index (χ2v) is 4.91. The van der Waals surface area contributed by atoms with Crippen LogP contribution in [0.4, 0.5) is 4.39 Å². The van der Waals surface area contributed by atoms with Gasteiger partial charge in [-0.1, -0.05) is 18.2 Å². The smallest absolute Gasteiger partial charge is 0.338 e. The van der Waals surface area contributed by atoms with Crippen molar-refractivity contribution in [3.05, 3.63) is 53.5 Å². The van der Waals surface area contributed by atoms with Crippen molar-refractivity contribution in [3.8, 4) is 11.3 Å². The van der Waals surface area contributed by atoms with Crippen LogP contribution >= 0.6 is 0 Å². The normalized spacial score (nSPS) is 10.9. The second kappa shape index (κ2) is 6.45. The van der Waals surface area contributed by atoms with E-state index < -0.39 is 11.8 Å². The van der Waals surface area contributed by atoms with Gasteiger partial charge in [0.15, 0.2) is 5.82 Å². The predicted molar refractivity (Wildman–Crippen MR) is 76.5 cm³/mol. The Bertz CT molecular complexity index is 656. The number of hydrogen-bond donors (Lipinski definition) is 1. The van der Waals surface area contributed by atoms with E-state index in [9.17, 15) is 9.18 Å². The van der Waals surface area contributed by atoms with Crippen molar-refractivity contribution < 1.29 is 19.0 Å². The molecule has 1 heterocycles. The highest BCUT2D eigenvalue weighted by Crippen LogP contribution is 2.21. The van der Waals surface area contributed by atoms with Crippen LogP contribution in [-0.4, -0.2) is 22.2 Å². The molecule has 1 aromatic carbocycles. The fourth-order valence-electron chi connectivity index (χ4n) is 1.84. The van der Waals surface area contributed by atoms with E-state index in [0.29, 0.717) is 12.3 Å². The zero-order chi connectivity index (χ0) is 15.4. The van der Waals surface area contributed by atoms with E-state index >= 15 is 0 Å². The first-order chi connectivity index (χ1) is 9.97. The molecule has 4 nitrogen and oxygen atoms in total. The molecule has 0 aliphatic rings. The molecule has 2 rings (SSSR count). The topological polar surface area (TPSA) is 59.4 Å². The fourth-order valence-corrected chi connectivity index (χ4v) is 1.84. The van der Waals surface area contributed by atoms with Crippen LogP contribution in [-0.2, 0) is 11.3 Å². The van der Waals surface area contributed by atoms with Gasteiger partial charge in [-0.05, 0) is 31.5 Å². The molecular weight excluding hydrogens is 273 g/mol. The number of carboxylic acid groups (broad SMARTS) is 1. The molecule has 0 fully saturated rings. The van der Waals surface area contributed by atoms with E-state index in [1.54, 1.807) is 6.07 Å². The summed E-state index contributed by atoms with van der Waals surface area (Å²) in [6.45, 7) is 4.35. The molecule has 0 saturated heterocycles. The number of aromatic nitrogens is 1. The molecule has 2 aromatic rings. The van der Waals surface area contributed by atoms with Crippen molar-refractivity contribution in [2.45, 2.75) is 26.6 Å². The van der Waals surface area contributed by atoms with Crippen molar-refractivity contribution in [1.29, 1.82) is 0 Å². The first kappa shape index (κ1) is 15.1. The number of pyridine rings is 1. The van der Waals surface area contributed by atoms with Crippen LogP contribution in [0.1, 0.15) is 29.8 Å². The van der Waals surface area contributed by atoms with Gasteiger partial charge in [0.25, 0.3) is 0 Å². The Morgan fingerprint density at radius 1 is 1.38 bits per heavy atom. The van der Waals surface area contributed by atoms with Gasteiger partial charge in [0.1, 0.15) is 0 Å². The first-order valence-electron chi connectivity index (χ1n) is 6.57. The lowest BCUT2D eigenvalue weighted by Crippen LogP contribution is -2.03. The van der Waals surface area contributed by atoms with Gasteiger partial charge in [-0.3, -0.25) is 4.98 Å². The quantitative estimate of drug-likeness (QED) is 0.915. The summed E-state index contributed by atoms with van der Waals surface area (Å²) >= 11 is 0. The molecule has 21 heavy (non-hydrogen) atoms. The van der Waals surface area contributed by atoms with Gasteiger partial charge >= 0.3 is 5.97 Å². The molecule has 0 saturated carbocycles. The Labute approximate surface area is 122 Å². The molecule has 110 valence electrons. The van der Waals surface area contributed by atoms with Crippen LogP contribution in [0.25, 0.3) is 11.3 Å². The number of benzene rings is 1.